The molecule has 0 heterocycles. The lowest BCUT2D eigenvalue weighted by Gasteiger charge is -2.07. The van der Waals surface area contributed by atoms with E-state index in [-0.39, 0.29) is 19.0 Å². The molecule has 0 saturated carbocycles. The van der Waals surface area contributed by atoms with E-state index in [2.05, 4.69) is 13.2 Å². The Bertz CT molecular complexity index is 305. The summed E-state index contributed by atoms with van der Waals surface area (Å²) in [6.07, 6.45) is 2.74. The maximum Gasteiger partial charge on any atom is 0.132 e. The maximum absolute atomic E-state index is 13.1. The molecule has 1 atom stereocenters. The first-order chi connectivity index (χ1) is 6.84. The summed E-state index contributed by atoms with van der Waals surface area (Å²) in [7, 11) is 0. The first-order valence-electron chi connectivity index (χ1n) is 5.06. The number of halogens is 1. The van der Waals surface area contributed by atoms with Crippen molar-refractivity contribution in [2.75, 3.05) is 0 Å². The van der Waals surface area contributed by atoms with Crippen LogP contribution in [0.1, 0.15) is 35.0 Å². The van der Waals surface area contributed by atoms with Crippen molar-refractivity contribution < 1.29 is 10.6 Å². The van der Waals surface area contributed by atoms with E-state index >= 15 is 0 Å². The van der Waals surface area contributed by atoms with Crippen molar-refractivity contribution in [3.63, 3.8) is 0 Å². The molecule has 15 heavy (non-hydrogen) atoms. The summed E-state index contributed by atoms with van der Waals surface area (Å²) >= 11 is 0. The molecule has 1 nitrogen and oxygen atoms in total. The van der Waals surface area contributed by atoms with Crippen LogP contribution in [0.3, 0.4) is 0 Å². The van der Waals surface area contributed by atoms with Crippen LogP contribution in [0.15, 0.2) is 36.2 Å². The van der Waals surface area contributed by atoms with Crippen LogP contribution in [0.5, 0.6) is 0 Å². The van der Waals surface area contributed by atoms with Crippen molar-refractivity contribution in [2.24, 2.45) is 5.92 Å². The summed E-state index contributed by atoms with van der Waals surface area (Å²) in [5.74, 6) is -0.161. The molecule has 0 fully saturated rings. The van der Waals surface area contributed by atoms with E-state index < -0.39 is 0 Å². The van der Waals surface area contributed by atoms with Gasteiger partial charge >= 0.3 is 0 Å². The fourth-order valence-electron chi connectivity index (χ4n) is 0.980. The molecule has 0 aliphatic carbocycles. The minimum Gasteiger partial charge on any atom is -0.300 e. The lowest BCUT2D eigenvalue weighted by molar-refractivity contribution is -0.120. The molecule has 2 heteroatoms. The topological polar surface area (TPSA) is 17.1 Å². The molecule has 0 N–H and O–H groups in total. The van der Waals surface area contributed by atoms with Gasteiger partial charge in [-0.25, -0.2) is 4.39 Å². The van der Waals surface area contributed by atoms with Gasteiger partial charge in [0.15, 0.2) is 0 Å². The first-order valence-corrected chi connectivity index (χ1v) is 5.06. The highest BCUT2D eigenvalue weighted by Crippen LogP contribution is 2.16. The zero-order chi connectivity index (χ0) is 12.0. The van der Waals surface area contributed by atoms with E-state index in [0.717, 1.165) is 0 Å². The molecule has 0 amide bonds. The Balaban J connectivity index is 0. The molecule has 0 radical (unpaired) electrons. The number of hydrogen-bond donors (Lipinski definition) is 0. The van der Waals surface area contributed by atoms with Crippen molar-refractivity contribution in [1.29, 1.82) is 0 Å². The Morgan fingerprint density at radius 2 is 2.00 bits per heavy atom. The third-order valence-corrected chi connectivity index (χ3v) is 2.33. The fourth-order valence-corrected chi connectivity index (χ4v) is 0.980. The maximum atomic E-state index is 13.1. The average Bonchev–Trinajstić information content (AvgIpc) is 2.13. The van der Waals surface area contributed by atoms with Crippen LogP contribution in [-0.2, 0) is 4.79 Å². The number of carbonyl (C=O) groups is 1. The largest absolute Gasteiger partial charge is 0.300 e. The molecule has 0 aromatic heterocycles. The van der Waals surface area contributed by atoms with Gasteiger partial charge in [-0.3, -0.25) is 4.79 Å². The Morgan fingerprint density at radius 3 is 2.40 bits per heavy atom. The monoisotopic (exact) mass is 212 g/mol. The smallest absolute Gasteiger partial charge is 0.132 e. The molecule has 0 saturated heterocycles. The van der Waals surface area contributed by atoms with Gasteiger partial charge in [0, 0.05) is 7.34 Å². The second-order valence-corrected chi connectivity index (χ2v) is 3.98. The normalized spacial score (nSPS) is 13.5. The van der Waals surface area contributed by atoms with Crippen molar-refractivity contribution >= 4 is 5.78 Å². The molecular formula is C13H21FO. The summed E-state index contributed by atoms with van der Waals surface area (Å²) in [5, 5.41) is 0. The number of rotatable bonds is 6. The zero-order valence-corrected chi connectivity index (χ0v) is 9.77. The molecule has 0 aromatic carbocycles. The van der Waals surface area contributed by atoms with Crippen molar-refractivity contribution in [3.05, 3.63) is 36.2 Å². The van der Waals surface area contributed by atoms with E-state index in [1.54, 1.807) is 13.8 Å². The Kier molecular flexibility index (Phi) is 5.83. The van der Waals surface area contributed by atoms with Gasteiger partial charge in [-0.2, -0.15) is 0 Å². The van der Waals surface area contributed by atoms with Gasteiger partial charge in [-0.15, -0.1) is 0 Å². The molecule has 0 aliphatic heterocycles. The summed E-state index contributed by atoms with van der Waals surface area (Å²) in [4.78, 5) is 11.0. The van der Waals surface area contributed by atoms with Crippen LogP contribution in [0.2, 0.25) is 0 Å². The van der Waals surface area contributed by atoms with Gasteiger partial charge < -0.3 is 0 Å². The molecule has 0 bridgehead atoms. The lowest BCUT2D eigenvalue weighted by atomic mass is 9.98. The predicted molar refractivity (Wildman–Crippen MR) is 64.3 cm³/mol. The van der Waals surface area contributed by atoms with Gasteiger partial charge in [0.2, 0.25) is 0 Å². The first kappa shape index (κ1) is 13.8. The van der Waals surface area contributed by atoms with E-state index in [4.69, 9.17) is 0 Å². The Morgan fingerprint density at radius 1 is 1.47 bits per heavy atom. The highest BCUT2D eigenvalue weighted by Gasteiger charge is 2.07. The summed E-state index contributed by atoms with van der Waals surface area (Å²) < 4.78 is 13.1. The second-order valence-electron chi connectivity index (χ2n) is 3.98. The van der Waals surface area contributed by atoms with Crippen molar-refractivity contribution in [1.82, 2.24) is 0 Å². The quantitative estimate of drug-likeness (QED) is 0.602. The Labute approximate surface area is 92.9 Å². The highest BCUT2D eigenvalue weighted by molar-refractivity contribution is 5.77. The molecule has 1 unspecified atom stereocenters. The minimum absolute atomic E-state index is 0. The molecule has 0 spiro atoms. The highest BCUT2D eigenvalue weighted by atomic mass is 19.1. The fraction of sp³-hybridized carbons (Fsp3) is 0.462. The van der Waals surface area contributed by atoms with E-state index in [1.165, 1.54) is 6.08 Å². The van der Waals surface area contributed by atoms with Crippen LogP contribution in [0, 0.1) is 5.92 Å². The van der Waals surface area contributed by atoms with Crippen molar-refractivity contribution in [2.45, 2.75) is 33.6 Å². The van der Waals surface area contributed by atoms with Gasteiger partial charge in [0.25, 0.3) is 0 Å². The van der Waals surface area contributed by atoms with Crippen LogP contribution < -0.4 is 0 Å². The van der Waals surface area contributed by atoms with Gasteiger partial charge in [0.1, 0.15) is 11.6 Å². The van der Waals surface area contributed by atoms with Crippen LogP contribution in [0.4, 0.5) is 4.39 Å². The molecule has 86 valence electrons. The minimum atomic E-state index is -0.338. The number of allylic oxidation sites excluding steroid dienone is 4. The summed E-state index contributed by atoms with van der Waals surface area (Å²) in [6, 6.07) is 0. The van der Waals surface area contributed by atoms with Crippen LogP contribution >= 0.6 is 0 Å². The predicted octanol–water partition coefficient (Wildman–Crippen LogP) is 4.22. The zero-order valence-electron chi connectivity index (χ0n) is 9.77. The number of Topliss-reactive ketones (excluding diaryl/α,β-unsaturated/α-hetero) is 1. The van der Waals surface area contributed by atoms with Crippen molar-refractivity contribution in [3.8, 4) is 0 Å². The van der Waals surface area contributed by atoms with Crippen LogP contribution in [0.25, 0.3) is 0 Å². The standard InChI is InChI=1S/C13H19FO.H2/c1-9(2)13(14)8-10(3)6-7-11(4)12(5)15;/h8,11H,1,3,6-7H2,2,4-5H3;1H/b13-8+;. The van der Waals surface area contributed by atoms with Crippen LogP contribution in [-0.4, -0.2) is 5.78 Å². The molecular weight excluding hydrogens is 191 g/mol. The second kappa shape index (κ2) is 6.33. The third-order valence-electron chi connectivity index (χ3n) is 2.33. The summed E-state index contributed by atoms with van der Waals surface area (Å²) in [6.45, 7) is 12.3. The summed E-state index contributed by atoms with van der Waals surface area (Å²) in [5.41, 5.74) is 1.10. The van der Waals surface area contributed by atoms with Gasteiger partial charge in [0.05, 0.1) is 0 Å². The number of ketones is 1. The average molecular weight is 212 g/mol. The SMILES string of the molecule is C=C(/C=C(/F)C(=C)C)CCC(C)C(C)=O.[HH]. The van der Waals surface area contributed by atoms with E-state index in [9.17, 15) is 9.18 Å². The Hall–Kier alpha value is -1.18. The van der Waals surface area contributed by atoms with Gasteiger partial charge in [-0.1, -0.05) is 25.7 Å². The molecule has 0 aromatic rings. The molecule has 0 aliphatic rings. The number of carbonyl (C=O) groups excluding carboxylic acids is 1. The number of hydrogen-bond acceptors (Lipinski definition) is 1. The lowest BCUT2D eigenvalue weighted by Crippen LogP contribution is -2.05. The van der Waals surface area contributed by atoms with E-state index in [0.29, 0.717) is 24.0 Å². The van der Waals surface area contributed by atoms with Gasteiger partial charge in [-0.05, 0) is 38.3 Å². The molecule has 0 rings (SSSR count). The third kappa shape index (κ3) is 6.00. The van der Waals surface area contributed by atoms with E-state index in [1.807, 2.05) is 6.92 Å².